The molecule has 4 nitrogen and oxygen atoms in total. The van der Waals surface area contributed by atoms with Gasteiger partial charge in [0.25, 0.3) is 0 Å². The van der Waals surface area contributed by atoms with Crippen molar-refractivity contribution in [3.8, 4) is 0 Å². The Hall–Kier alpha value is -2.57. The number of halogens is 3. The number of esters is 1. The number of H-pyrrole nitrogens is 1. The zero-order valence-electron chi connectivity index (χ0n) is 10.6. The first-order chi connectivity index (χ1) is 9.88. The molecule has 0 saturated carbocycles. The third-order valence-electron chi connectivity index (χ3n) is 2.66. The van der Waals surface area contributed by atoms with Crippen LogP contribution in [0.25, 0.3) is 0 Å². The van der Waals surface area contributed by atoms with Crippen molar-refractivity contribution >= 4 is 11.8 Å². The minimum Gasteiger partial charge on any atom is -0.454 e. The fraction of sp³-hybridized carbons (Fsp3) is 0.143. The molecule has 0 spiro atoms. The monoisotopic (exact) mass is 297 g/mol. The molecule has 0 fully saturated rings. The van der Waals surface area contributed by atoms with Crippen LogP contribution in [0.1, 0.15) is 26.4 Å². The number of benzene rings is 1. The van der Waals surface area contributed by atoms with Crippen LogP contribution < -0.4 is 0 Å². The largest absolute Gasteiger partial charge is 0.454 e. The summed E-state index contributed by atoms with van der Waals surface area (Å²) in [5.41, 5.74) is -0.955. The van der Waals surface area contributed by atoms with Crippen LogP contribution in [-0.4, -0.2) is 23.3 Å². The molecule has 2 rings (SSSR count). The van der Waals surface area contributed by atoms with Crippen molar-refractivity contribution in [3.63, 3.8) is 0 Å². The molecule has 0 unspecified atom stereocenters. The van der Waals surface area contributed by atoms with E-state index in [1.54, 1.807) is 6.07 Å². The fourth-order valence-electron chi connectivity index (χ4n) is 1.62. The first kappa shape index (κ1) is 14.8. The molecule has 0 bridgehead atoms. The van der Waals surface area contributed by atoms with Gasteiger partial charge in [-0.15, -0.1) is 0 Å². The van der Waals surface area contributed by atoms with Gasteiger partial charge in [-0.3, -0.25) is 4.79 Å². The van der Waals surface area contributed by atoms with Gasteiger partial charge in [-0.2, -0.15) is 13.2 Å². The van der Waals surface area contributed by atoms with Gasteiger partial charge < -0.3 is 9.72 Å². The molecule has 0 amide bonds. The summed E-state index contributed by atoms with van der Waals surface area (Å²) in [5.74, 6) is -1.46. The summed E-state index contributed by atoms with van der Waals surface area (Å²) >= 11 is 0. The predicted molar refractivity (Wildman–Crippen MR) is 66.8 cm³/mol. The summed E-state index contributed by atoms with van der Waals surface area (Å²) in [6.07, 6.45) is -3.02. The van der Waals surface area contributed by atoms with Gasteiger partial charge in [0.15, 0.2) is 6.61 Å². The number of aromatic amines is 1. The number of rotatable bonds is 4. The summed E-state index contributed by atoms with van der Waals surface area (Å²) in [5, 5.41) is 0. The Morgan fingerprint density at radius 2 is 1.90 bits per heavy atom. The molecular weight excluding hydrogens is 287 g/mol. The standard InChI is InChI=1S/C14H10F3NO3/c15-14(16,17)10-4-1-3-9(7-10)13(20)21-8-12(19)11-5-2-6-18-11/h1-7,18H,8H2. The number of alkyl halides is 3. The second-order valence-corrected chi connectivity index (χ2v) is 4.16. The number of ketones is 1. The lowest BCUT2D eigenvalue weighted by Gasteiger charge is -2.08. The average molecular weight is 297 g/mol. The normalized spacial score (nSPS) is 11.2. The SMILES string of the molecule is O=C(OCC(=O)c1ccc[nH]1)c1cccc(C(F)(F)F)c1. The Bertz CT molecular complexity index is 648. The molecule has 1 N–H and O–H groups in total. The number of ether oxygens (including phenoxy) is 1. The first-order valence-electron chi connectivity index (χ1n) is 5.89. The van der Waals surface area contributed by atoms with Crippen molar-refractivity contribution < 1.29 is 27.5 Å². The second-order valence-electron chi connectivity index (χ2n) is 4.16. The van der Waals surface area contributed by atoms with Gasteiger partial charge in [0.2, 0.25) is 5.78 Å². The number of Topliss-reactive ketones (excluding diaryl/α,β-unsaturated/α-hetero) is 1. The Labute approximate surface area is 117 Å². The van der Waals surface area contributed by atoms with Crippen molar-refractivity contribution in [2.45, 2.75) is 6.18 Å². The maximum Gasteiger partial charge on any atom is 0.416 e. The molecule has 21 heavy (non-hydrogen) atoms. The van der Waals surface area contributed by atoms with E-state index in [0.717, 1.165) is 12.1 Å². The minimum absolute atomic E-state index is 0.256. The van der Waals surface area contributed by atoms with Crippen molar-refractivity contribution in [2.75, 3.05) is 6.61 Å². The highest BCUT2D eigenvalue weighted by Gasteiger charge is 2.31. The molecule has 0 radical (unpaired) electrons. The Balaban J connectivity index is 2.02. The van der Waals surface area contributed by atoms with Crippen LogP contribution in [0.2, 0.25) is 0 Å². The molecule has 1 aromatic heterocycles. The summed E-state index contributed by atoms with van der Waals surface area (Å²) in [4.78, 5) is 25.9. The van der Waals surface area contributed by atoms with Gasteiger partial charge in [0.05, 0.1) is 16.8 Å². The van der Waals surface area contributed by atoms with Crippen molar-refractivity contribution in [2.24, 2.45) is 0 Å². The van der Waals surface area contributed by atoms with Crippen molar-refractivity contribution in [1.29, 1.82) is 0 Å². The highest BCUT2D eigenvalue weighted by Crippen LogP contribution is 2.29. The lowest BCUT2D eigenvalue weighted by Crippen LogP contribution is -2.15. The van der Waals surface area contributed by atoms with Crippen LogP contribution in [-0.2, 0) is 10.9 Å². The van der Waals surface area contributed by atoms with Crippen LogP contribution in [0.15, 0.2) is 42.6 Å². The summed E-state index contributed by atoms with van der Waals surface area (Å²) < 4.78 is 42.3. The third kappa shape index (κ3) is 3.71. The summed E-state index contributed by atoms with van der Waals surface area (Å²) in [7, 11) is 0. The lowest BCUT2D eigenvalue weighted by atomic mass is 10.1. The number of hydrogen-bond acceptors (Lipinski definition) is 3. The molecule has 0 aliphatic carbocycles. The van der Waals surface area contributed by atoms with Crippen LogP contribution in [0.5, 0.6) is 0 Å². The van der Waals surface area contributed by atoms with Gasteiger partial charge in [-0.25, -0.2) is 4.79 Å². The fourth-order valence-corrected chi connectivity index (χ4v) is 1.62. The number of nitrogens with one attached hydrogen (secondary N) is 1. The minimum atomic E-state index is -4.55. The molecule has 0 saturated heterocycles. The number of carbonyl (C=O) groups is 2. The van der Waals surface area contributed by atoms with E-state index in [-0.39, 0.29) is 11.3 Å². The van der Waals surface area contributed by atoms with E-state index in [4.69, 9.17) is 4.74 Å². The van der Waals surface area contributed by atoms with Crippen LogP contribution in [0.3, 0.4) is 0 Å². The number of hydrogen-bond donors (Lipinski definition) is 1. The van der Waals surface area contributed by atoms with E-state index >= 15 is 0 Å². The van der Waals surface area contributed by atoms with Crippen LogP contribution >= 0.6 is 0 Å². The topological polar surface area (TPSA) is 59.2 Å². The van der Waals surface area contributed by atoms with Crippen LogP contribution in [0, 0.1) is 0 Å². The van der Waals surface area contributed by atoms with Crippen molar-refractivity contribution in [3.05, 3.63) is 59.4 Å². The molecule has 110 valence electrons. The van der Waals surface area contributed by atoms with Gasteiger partial charge in [0.1, 0.15) is 0 Å². The molecule has 0 aliphatic rings. The smallest absolute Gasteiger partial charge is 0.416 e. The molecule has 0 atom stereocenters. The number of aromatic nitrogens is 1. The van der Waals surface area contributed by atoms with Gasteiger partial charge in [-0.05, 0) is 30.3 Å². The molecule has 1 heterocycles. The maximum absolute atomic E-state index is 12.5. The zero-order chi connectivity index (χ0) is 15.5. The lowest BCUT2D eigenvalue weighted by molar-refractivity contribution is -0.137. The van der Waals surface area contributed by atoms with E-state index < -0.39 is 30.1 Å². The molecule has 1 aromatic carbocycles. The molecular formula is C14H10F3NO3. The summed E-state index contributed by atoms with van der Waals surface area (Å²) in [6, 6.07) is 6.92. The van der Waals surface area contributed by atoms with Gasteiger partial charge >= 0.3 is 12.1 Å². The van der Waals surface area contributed by atoms with Gasteiger partial charge in [-0.1, -0.05) is 6.07 Å². The molecule has 2 aromatic rings. The first-order valence-corrected chi connectivity index (χ1v) is 5.89. The third-order valence-corrected chi connectivity index (χ3v) is 2.66. The highest BCUT2D eigenvalue weighted by molar-refractivity contribution is 5.98. The second kappa shape index (κ2) is 5.82. The Kier molecular flexibility index (Phi) is 4.11. The quantitative estimate of drug-likeness (QED) is 0.697. The number of carbonyl (C=O) groups excluding carboxylic acids is 2. The molecule has 7 heteroatoms. The van der Waals surface area contributed by atoms with E-state index in [1.165, 1.54) is 18.3 Å². The Morgan fingerprint density at radius 1 is 1.14 bits per heavy atom. The van der Waals surface area contributed by atoms with Gasteiger partial charge in [0, 0.05) is 6.20 Å². The average Bonchev–Trinajstić information content (AvgIpc) is 2.98. The summed E-state index contributed by atoms with van der Waals surface area (Å²) in [6.45, 7) is -0.546. The van der Waals surface area contributed by atoms with E-state index in [0.29, 0.717) is 6.07 Å². The zero-order valence-corrected chi connectivity index (χ0v) is 10.6. The Morgan fingerprint density at radius 3 is 2.52 bits per heavy atom. The molecule has 0 aliphatic heterocycles. The highest BCUT2D eigenvalue weighted by atomic mass is 19.4. The van der Waals surface area contributed by atoms with Crippen LogP contribution in [0.4, 0.5) is 13.2 Å². The van der Waals surface area contributed by atoms with Crippen molar-refractivity contribution in [1.82, 2.24) is 4.98 Å². The van der Waals surface area contributed by atoms with E-state index in [1.807, 2.05) is 0 Å². The maximum atomic E-state index is 12.5. The predicted octanol–water partition coefficient (Wildman–Crippen LogP) is 3.07. The van der Waals surface area contributed by atoms with E-state index in [2.05, 4.69) is 4.98 Å². The van der Waals surface area contributed by atoms with E-state index in [9.17, 15) is 22.8 Å².